The molecule has 0 fully saturated rings. The quantitative estimate of drug-likeness (QED) is 0.353. The number of hydrogen-bond acceptors (Lipinski definition) is 6. The molecule has 1 heterocycles. The maximum Gasteiger partial charge on any atom is 0.346 e. The Morgan fingerprint density at radius 1 is 1.58 bits per heavy atom. The van der Waals surface area contributed by atoms with Gasteiger partial charge in [0.15, 0.2) is 5.82 Å². The molecule has 0 bridgehead atoms. The molecular weight excluding hydrogens is 286 g/mol. The van der Waals surface area contributed by atoms with Crippen LogP contribution in [0.2, 0.25) is 0 Å². The fourth-order valence-corrected chi connectivity index (χ4v) is 1.10. The third-order valence-electron chi connectivity index (χ3n) is 1.39. The number of carboxylic acids is 1. The number of hydrogen-bond donors (Lipinski definition) is 6. The zero-order valence-corrected chi connectivity index (χ0v) is 10.3. The van der Waals surface area contributed by atoms with Gasteiger partial charge in [0.05, 0.1) is 19.0 Å². The van der Waals surface area contributed by atoms with Crippen molar-refractivity contribution >= 4 is 19.4 Å². The van der Waals surface area contributed by atoms with Crippen molar-refractivity contribution in [1.82, 2.24) is 15.3 Å². The van der Waals surface area contributed by atoms with Gasteiger partial charge in [0.25, 0.3) is 0 Å². The lowest BCUT2D eigenvalue weighted by molar-refractivity contribution is -0.135. The lowest BCUT2D eigenvalue weighted by Crippen LogP contribution is -2.23. The zero-order valence-electron chi connectivity index (χ0n) is 9.41. The number of nitrogens with zero attached hydrogens (tertiary/aromatic N) is 1. The second-order valence-electron chi connectivity index (χ2n) is 3.09. The largest absolute Gasteiger partial charge is 0.480 e. The highest BCUT2D eigenvalue weighted by molar-refractivity contribution is 7.51. The van der Waals surface area contributed by atoms with E-state index in [2.05, 4.69) is 10.3 Å². The third-order valence-corrected chi connectivity index (χ3v) is 2.02. The van der Waals surface area contributed by atoms with E-state index in [9.17, 15) is 18.5 Å². The van der Waals surface area contributed by atoms with Gasteiger partial charge in [-0.1, -0.05) is 0 Å². The molecule has 0 aliphatic rings. The number of aromatic nitrogens is 2. The molecule has 19 heavy (non-hydrogen) atoms. The lowest BCUT2D eigenvalue weighted by Gasteiger charge is -2.02. The molecular formula is C7H12FN4O6P. The monoisotopic (exact) mass is 298 g/mol. The van der Waals surface area contributed by atoms with Gasteiger partial charge >= 0.3 is 19.3 Å². The topological polar surface area (TPSA) is 179 Å². The first kappa shape index (κ1) is 17.2. The Labute approximate surface area is 105 Å². The Kier molecular flexibility index (Phi) is 6.86. The highest BCUT2D eigenvalue weighted by Gasteiger charge is 2.11. The SMILES string of the molecule is Nc1[nH]c(=O)ncc1F.O=C(O)CNCP(=O)(O)O. The van der Waals surface area contributed by atoms with Crippen LogP contribution in [-0.4, -0.2) is 43.7 Å². The second kappa shape index (κ2) is 7.59. The number of carboxylic acid groups (broad SMARTS) is 1. The van der Waals surface area contributed by atoms with Crippen molar-refractivity contribution in [2.45, 2.75) is 0 Å². The van der Waals surface area contributed by atoms with Crippen LogP contribution in [0.5, 0.6) is 0 Å². The second-order valence-corrected chi connectivity index (χ2v) is 4.74. The first-order chi connectivity index (χ1) is 8.61. The van der Waals surface area contributed by atoms with Gasteiger partial charge in [-0.2, -0.15) is 4.98 Å². The fourth-order valence-electron chi connectivity index (χ4n) is 0.701. The summed E-state index contributed by atoms with van der Waals surface area (Å²) in [5.41, 5.74) is 4.31. The molecule has 0 amide bonds. The van der Waals surface area contributed by atoms with E-state index in [-0.39, 0.29) is 5.82 Å². The number of halogens is 1. The first-order valence-corrected chi connectivity index (χ1v) is 6.39. The van der Waals surface area contributed by atoms with Gasteiger partial charge in [0.2, 0.25) is 0 Å². The molecule has 0 aliphatic heterocycles. The van der Waals surface area contributed by atoms with Crippen molar-refractivity contribution in [3.63, 3.8) is 0 Å². The van der Waals surface area contributed by atoms with E-state index < -0.39 is 37.9 Å². The number of nitrogens with one attached hydrogen (secondary N) is 2. The van der Waals surface area contributed by atoms with Crippen molar-refractivity contribution in [3.8, 4) is 0 Å². The van der Waals surface area contributed by atoms with E-state index in [4.69, 9.17) is 20.6 Å². The molecule has 0 saturated carbocycles. The molecule has 0 saturated heterocycles. The molecule has 7 N–H and O–H groups in total. The van der Waals surface area contributed by atoms with Crippen LogP contribution in [0, 0.1) is 5.82 Å². The van der Waals surface area contributed by atoms with Gasteiger partial charge in [-0.25, -0.2) is 9.18 Å². The number of nitrogens with two attached hydrogens (primary N) is 1. The molecule has 0 unspecified atom stereocenters. The minimum absolute atomic E-state index is 0.282. The Balaban J connectivity index is 0.000000342. The molecule has 0 aromatic carbocycles. The van der Waals surface area contributed by atoms with Gasteiger partial charge in [-0.05, 0) is 0 Å². The van der Waals surface area contributed by atoms with E-state index in [1.165, 1.54) is 0 Å². The van der Waals surface area contributed by atoms with Crippen LogP contribution < -0.4 is 16.7 Å². The number of rotatable bonds is 4. The van der Waals surface area contributed by atoms with Crippen molar-refractivity contribution in [2.75, 3.05) is 18.6 Å². The van der Waals surface area contributed by atoms with E-state index in [0.29, 0.717) is 0 Å². The molecule has 0 aliphatic carbocycles. The number of carbonyl (C=O) groups is 1. The molecule has 0 radical (unpaired) electrons. The molecule has 1 rings (SSSR count). The van der Waals surface area contributed by atoms with E-state index in [1.54, 1.807) is 0 Å². The summed E-state index contributed by atoms with van der Waals surface area (Å²) < 4.78 is 22.2. The Bertz CT molecular complexity index is 529. The summed E-state index contributed by atoms with van der Waals surface area (Å²) in [7, 11) is -4.10. The number of H-pyrrole nitrogens is 1. The van der Waals surface area contributed by atoms with E-state index in [0.717, 1.165) is 6.20 Å². The van der Waals surface area contributed by atoms with E-state index in [1.807, 2.05) is 4.98 Å². The predicted octanol–water partition coefficient (Wildman–Crippen LogP) is -1.71. The highest BCUT2D eigenvalue weighted by atomic mass is 31.2. The molecule has 0 spiro atoms. The van der Waals surface area contributed by atoms with Gasteiger partial charge < -0.3 is 20.6 Å². The number of aliphatic carboxylic acids is 1. The standard InChI is InChI=1S/C4H4FN3O.C3H8NO5P/c5-2-1-7-4(9)8-3(2)6;5-3(6)1-4-2-10(7,8)9/h1H,(H3,6,7,8,9);4H,1-2H2,(H,5,6)(H2,7,8,9). The van der Waals surface area contributed by atoms with Crippen molar-refractivity contribution < 1.29 is 28.6 Å². The molecule has 1 aromatic heterocycles. The van der Waals surface area contributed by atoms with Crippen LogP contribution in [0.1, 0.15) is 0 Å². The van der Waals surface area contributed by atoms with Gasteiger partial charge in [0, 0.05) is 0 Å². The van der Waals surface area contributed by atoms with Crippen molar-refractivity contribution in [2.24, 2.45) is 0 Å². The van der Waals surface area contributed by atoms with Crippen LogP contribution in [0.3, 0.4) is 0 Å². The molecule has 108 valence electrons. The fraction of sp³-hybridized carbons (Fsp3) is 0.286. The summed E-state index contributed by atoms with van der Waals surface area (Å²) in [6, 6.07) is 0. The number of anilines is 1. The molecule has 12 heteroatoms. The first-order valence-electron chi connectivity index (χ1n) is 4.59. The summed E-state index contributed by atoms with van der Waals surface area (Å²) in [6.07, 6.45) is 0.174. The Morgan fingerprint density at radius 2 is 2.16 bits per heavy atom. The molecule has 0 atom stereocenters. The van der Waals surface area contributed by atoms with Crippen LogP contribution in [0.25, 0.3) is 0 Å². The van der Waals surface area contributed by atoms with Gasteiger partial charge in [-0.15, -0.1) is 0 Å². The maximum absolute atomic E-state index is 12.1. The van der Waals surface area contributed by atoms with Crippen LogP contribution >= 0.6 is 7.60 Å². The number of nitrogen functional groups attached to an aromatic ring is 1. The predicted molar refractivity (Wildman–Crippen MR) is 61.8 cm³/mol. The Morgan fingerprint density at radius 3 is 2.53 bits per heavy atom. The third kappa shape index (κ3) is 9.85. The summed E-state index contributed by atoms with van der Waals surface area (Å²) in [5.74, 6) is -2.14. The minimum Gasteiger partial charge on any atom is -0.480 e. The summed E-state index contributed by atoms with van der Waals surface area (Å²) >= 11 is 0. The minimum atomic E-state index is -4.10. The Hall–Kier alpha value is -1.81. The van der Waals surface area contributed by atoms with Crippen molar-refractivity contribution in [1.29, 1.82) is 0 Å². The van der Waals surface area contributed by atoms with Gasteiger partial charge in [-0.3, -0.25) is 19.7 Å². The maximum atomic E-state index is 12.1. The number of aromatic amines is 1. The summed E-state index contributed by atoms with van der Waals surface area (Å²) in [6.45, 7) is -0.439. The average Bonchev–Trinajstić information content (AvgIpc) is 2.22. The normalized spacial score (nSPS) is 10.5. The van der Waals surface area contributed by atoms with Gasteiger partial charge in [0.1, 0.15) is 5.82 Å². The van der Waals surface area contributed by atoms with Crippen LogP contribution in [-0.2, 0) is 9.36 Å². The average molecular weight is 298 g/mol. The molecule has 10 nitrogen and oxygen atoms in total. The molecule has 1 aromatic rings. The van der Waals surface area contributed by atoms with Crippen molar-refractivity contribution in [3.05, 3.63) is 22.5 Å². The zero-order chi connectivity index (χ0) is 15.1. The summed E-state index contributed by atoms with van der Waals surface area (Å²) in [5, 5.41) is 10.1. The van der Waals surface area contributed by atoms with Crippen LogP contribution in [0.15, 0.2) is 11.0 Å². The summed E-state index contributed by atoms with van der Waals surface area (Å²) in [4.78, 5) is 41.4. The highest BCUT2D eigenvalue weighted by Crippen LogP contribution is 2.31. The smallest absolute Gasteiger partial charge is 0.346 e. The lowest BCUT2D eigenvalue weighted by atomic mass is 10.6. The van der Waals surface area contributed by atoms with E-state index >= 15 is 0 Å². The van der Waals surface area contributed by atoms with Crippen LogP contribution in [0.4, 0.5) is 10.2 Å².